The van der Waals surface area contributed by atoms with Gasteiger partial charge in [-0.3, -0.25) is 19.3 Å². The fourth-order valence-corrected chi connectivity index (χ4v) is 4.47. The maximum atomic E-state index is 12.5. The van der Waals surface area contributed by atoms with Gasteiger partial charge in [0.2, 0.25) is 5.91 Å². The van der Waals surface area contributed by atoms with Crippen LogP contribution in [0, 0.1) is 5.92 Å². The third-order valence-electron chi connectivity index (χ3n) is 4.95. The van der Waals surface area contributed by atoms with Crippen molar-refractivity contribution in [2.75, 3.05) is 24.6 Å². The van der Waals surface area contributed by atoms with E-state index in [1.54, 1.807) is 31.2 Å². The van der Waals surface area contributed by atoms with Crippen LogP contribution in [-0.4, -0.2) is 69.2 Å². The van der Waals surface area contributed by atoms with Crippen LogP contribution in [0.4, 0.5) is 0 Å². The molecular formula is C19H22N2O5S. The molecule has 0 aliphatic carbocycles. The molecule has 2 aliphatic heterocycles. The first-order valence-corrected chi connectivity index (χ1v) is 10.1. The molecule has 0 spiro atoms. The zero-order valence-electron chi connectivity index (χ0n) is 15.1. The number of hydrogen-bond donors (Lipinski definition) is 1. The second-order valence-electron chi connectivity index (χ2n) is 6.81. The van der Waals surface area contributed by atoms with Gasteiger partial charge < -0.3 is 10.0 Å². The van der Waals surface area contributed by atoms with Crippen molar-refractivity contribution in [2.45, 2.75) is 25.8 Å². The van der Waals surface area contributed by atoms with E-state index in [0.717, 1.165) is 0 Å². The molecule has 2 atom stereocenters. The predicted molar refractivity (Wildman–Crippen MR) is 101 cm³/mol. The lowest BCUT2D eigenvalue weighted by Crippen LogP contribution is -2.43. The quantitative estimate of drug-likeness (QED) is 0.563. The number of carboxylic acid groups (broad SMARTS) is 1. The van der Waals surface area contributed by atoms with Gasteiger partial charge in [-0.05, 0) is 25.0 Å². The standard InChI is InChI=1S/C19H22N2O5S/c1-12(16(22)20-8-4-7-15(20)19(25)26)11-27-10-9-21-17(23)13-5-2-3-6-14(13)18(21)24/h2-3,5-6,12,15H,4,7-11H2,1H3,(H,25,26)/t12-,15-/m1/s1. The second-order valence-corrected chi connectivity index (χ2v) is 7.96. The number of carbonyl (C=O) groups is 4. The number of hydrogen-bond acceptors (Lipinski definition) is 5. The largest absolute Gasteiger partial charge is 0.480 e. The van der Waals surface area contributed by atoms with Crippen LogP contribution in [0.3, 0.4) is 0 Å². The highest BCUT2D eigenvalue weighted by atomic mass is 32.2. The molecule has 2 aliphatic rings. The van der Waals surface area contributed by atoms with Crippen LogP contribution in [0.25, 0.3) is 0 Å². The number of carboxylic acids is 1. The highest BCUT2D eigenvalue weighted by Crippen LogP contribution is 2.24. The number of benzene rings is 1. The third kappa shape index (κ3) is 3.85. The Morgan fingerprint density at radius 2 is 1.85 bits per heavy atom. The fraction of sp³-hybridized carbons (Fsp3) is 0.474. The van der Waals surface area contributed by atoms with E-state index in [0.29, 0.717) is 48.6 Å². The van der Waals surface area contributed by atoms with Crippen LogP contribution in [0.15, 0.2) is 24.3 Å². The Morgan fingerprint density at radius 3 is 2.44 bits per heavy atom. The molecule has 3 amide bonds. The lowest BCUT2D eigenvalue weighted by Gasteiger charge is -2.24. The molecule has 1 fully saturated rings. The van der Waals surface area contributed by atoms with Crippen LogP contribution in [0.5, 0.6) is 0 Å². The van der Waals surface area contributed by atoms with Crippen molar-refractivity contribution in [3.8, 4) is 0 Å². The van der Waals surface area contributed by atoms with Crippen molar-refractivity contribution in [3.05, 3.63) is 35.4 Å². The number of fused-ring (bicyclic) bond motifs is 1. The maximum Gasteiger partial charge on any atom is 0.326 e. The van der Waals surface area contributed by atoms with E-state index in [-0.39, 0.29) is 23.6 Å². The van der Waals surface area contributed by atoms with E-state index in [9.17, 15) is 24.3 Å². The van der Waals surface area contributed by atoms with Crippen LogP contribution in [0.1, 0.15) is 40.5 Å². The molecule has 1 saturated heterocycles. The van der Waals surface area contributed by atoms with Gasteiger partial charge in [0.1, 0.15) is 6.04 Å². The van der Waals surface area contributed by atoms with Gasteiger partial charge in [-0.2, -0.15) is 11.8 Å². The first kappa shape index (κ1) is 19.4. The number of rotatable bonds is 7. The smallest absolute Gasteiger partial charge is 0.326 e. The molecule has 2 heterocycles. The number of imide groups is 1. The zero-order chi connectivity index (χ0) is 19.6. The molecule has 0 aromatic heterocycles. The Hall–Kier alpha value is -2.35. The van der Waals surface area contributed by atoms with Gasteiger partial charge in [0.25, 0.3) is 11.8 Å². The zero-order valence-corrected chi connectivity index (χ0v) is 15.9. The first-order valence-electron chi connectivity index (χ1n) is 8.98. The monoisotopic (exact) mass is 390 g/mol. The van der Waals surface area contributed by atoms with Crippen LogP contribution < -0.4 is 0 Å². The SMILES string of the molecule is C[C@H](CSCCN1C(=O)c2ccccc2C1=O)C(=O)N1CCC[C@@H]1C(=O)O. The van der Waals surface area contributed by atoms with Gasteiger partial charge in [-0.1, -0.05) is 19.1 Å². The summed E-state index contributed by atoms with van der Waals surface area (Å²) in [6.45, 7) is 2.56. The summed E-state index contributed by atoms with van der Waals surface area (Å²) >= 11 is 1.49. The summed E-state index contributed by atoms with van der Waals surface area (Å²) < 4.78 is 0. The number of nitrogens with zero attached hydrogens (tertiary/aromatic N) is 2. The normalized spacial score (nSPS) is 20.1. The van der Waals surface area contributed by atoms with Crippen molar-refractivity contribution < 1.29 is 24.3 Å². The highest BCUT2D eigenvalue weighted by Gasteiger charge is 2.36. The third-order valence-corrected chi connectivity index (χ3v) is 6.15. The van der Waals surface area contributed by atoms with Gasteiger partial charge in [-0.15, -0.1) is 0 Å². The maximum absolute atomic E-state index is 12.5. The summed E-state index contributed by atoms with van der Waals surface area (Å²) in [5.74, 6) is -0.906. The fourth-order valence-electron chi connectivity index (χ4n) is 3.50. The summed E-state index contributed by atoms with van der Waals surface area (Å²) in [4.78, 5) is 51.0. The summed E-state index contributed by atoms with van der Waals surface area (Å²) in [5, 5.41) is 9.21. The molecule has 0 saturated carbocycles. The summed E-state index contributed by atoms with van der Waals surface area (Å²) in [7, 11) is 0. The Balaban J connectivity index is 1.47. The molecular weight excluding hydrogens is 368 g/mol. The number of amides is 3. The van der Waals surface area contributed by atoms with Crippen molar-refractivity contribution in [1.82, 2.24) is 9.80 Å². The van der Waals surface area contributed by atoms with Gasteiger partial charge in [0.05, 0.1) is 11.1 Å². The average Bonchev–Trinajstić information content (AvgIpc) is 3.24. The minimum atomic E-state index is -0.952. The van der Waals surface area contributed by atoms with Gasteiger partial charge in [0, 0.05) is 30.5 Å². The predicted octanol–water partition coefficient (Wildman–Crippen LogP) is 1.73. The van der Waals surface area contributed by atoms with Crippen molar-refractivity contribution >= 4 is 35.5 Å². The Labute approximate surface area is 161 Å². The lowest BCUT2D eigenvalue weighted by molar-refractivity contribution is -0.149. The van der Waals surface area contributed by atoms with Gasteiger partial charge >= 0.3 is 5.97 Å². The highest BCUT2D eigenvalue weighted by molar-refractivity contribution is 7.99. The van der Waals surface area contributed by atoms with Crippen LogP contribution in [-0.2, 0) is 9.59 Å². The average molecular weight is 390 g/mol. The van der Waals surface area contributed by atoms with Gasteiger partial charge in [0.15, 0.2) is 0 Å². The molecule has 27 heavy (non-hydrogen) atoms. The Morgan fingerprint density at radius 1 is 1.22 bits per heavy atom. The number of carbonyl (C=O) groups excluding carboxylic acids is 3. The molecule has 1 aromatic carbocycles. The number of likely N-dealkylation sites (tertiary alicyclic amines) is 1. The Bertz CT molecular complexity index is 746. The minimum Gasteiger partial charge on any atom is -0.480 e. The summed E-state index contributed by atoms with van der Waals surface area (Å²) in [5.41, 5.74) is 0.870. The van der Waals surface area contributed by atoms with Gasteiger partial charge in [-0.25, -0.2) is 4.79 Å². The number of aliphatic carboxylic acids is 1. The molecule has 0 radical (unpaired) electrons. The van der Waals surface area contributed by atoms with Crippen LogP contribution in [0.2, 0.25) is 0 Å². The molecule has 8 heteroatoms. The van der Waals surface area contributed by atoms with E-state index < -0.39 is 12.0 Å². The topological polar surface area (TPSA) is 95.0 Å². The molecule has 1 aromatic rings. The van der Waals surface area contributed by atoms with E-state index in [1.807, 2.05) is 0 Å². The second kappa shape index (κ2) is 8.12. The van der Waals surface area contributed by atoms with Crippen molar-refractivity contribution in [1.29, 1.82) is 0 Å². The molecule has 7 nitrogen and oxygen atoms in total. The molecule has 144 valence electrons. The Kier molecular flexibility index (Phi) is 5.84. The lowest BCUT2D eigenvalue weighted by atomic mass is 10.1. The molecule has 0 unspecified atom stereocenters. The minimum absolute atomic E-state index is 0.145. The van der Waals surface area contributed by atoms with Crippen molar-refractivity contribution in [3.63, 3.8) is 0 Å². The summed E-state index contributed by atoms with van der Waals surface area (Å²) in [6, 6.07) is 6.05. The molecule has 3 rings (SSSR count). The van der Waals surface area contributed by atoms with Crippen LogP contribution >= 0.6 is 11.8 Å². The van der Waals surface area contributed by atoms with E-state index in [4.69, 9.17) is 0 Å². The van der Waals surface area contributed by atoms with E-state index in [2.05, 4.69) is 0 Å². The first-order chi connectivity index (χ1) is 12.9. The van der Waals surface area contributed by atoms with Crippen molar-refractivity contribution in [2.24, 2.45) is 5.92 Å². The molecule has 0 bridgehead atoms. The van der Waals surface area contributed by atoms with E-state index in [1.165, 1.54) is 21.6 Å². The summed E-state index contributed by atoms with van der Waals surface area (Å²) in [6.07, 6.45) is 1.21. The number of thioether (sulfide) groups is 1. The molecule has 1 N–H and O–H groups in total. The van der Waals surface area contributed by atoms with E-state index >= 15 is 0 Å².